The number of hydrogen-bond donors (Lipinski definition) is 0. The highest BCUT2D eigenvalue weighted by Gasteiger charge is 2.35. The minimum atomic E-state index is -0.391. The number of aromatic nitrogens is 1. The minimum Gasteiger partial charge on any atom is -0.346 e. The van der Waals surface area contributed by atoms with Crippen LogP contribution in [0, 0.1) is 0 Å². The molecule has 1 amide bonds. The molecule has 112 valence electrons. The van der Waals surface area contributed by atoms with Crippen molar-refractivity contribution in [1.82, 2.24) is 4.98 Å². The van der Waals surface area contributed by atoms with Gasteiger partial charge in [0.15, 0.2) is 6.29 Å². The van der Waals surface area contributed by atoms with E-state index in [0.717, 1.165) is 22.5 Å². The van der Waals surface area contributed by atoms with Crippen molar-refractivity contribution in [3.63, 3.8) is 0 Å². The molecule has 0 aliphatic carbocycles. The summed E-state index contributed by atoms with van der Waals surface area (Å²) >= 11 is 0. The molecule has 22 heavy (non-hydrogen) atoms. The normalized spacial score (nSPS) is 21.4. The van der Waals surface area contributed by atoms with Crippen molar-refractivity contribution in [3.05, 3.63) is 53.9 Å². The molecular weight excluding hydrogens is 280 g/mol. The minimum absolute atomic E-state index is 0.0633. The third kappa shape index (κ3) is 2.01. The van der Waals surface area contributed by atoms with Gasteiger partial charge in [-0.15, -0.1) is 0 Å². The van der Waals surface area contributed by atoms with Crippen LogP contribution in [0.3, 0.4) is 0 Å². The number of benzene rings is 1. The largest absolute Gasteiger partial charge is 0.346 e. The maximum absolute atomic E-state index is 12.6. The summed E-state index contributed by atoms with van der Waals surface area (Å²) < 4.78 is 11.0. The first kappa shape index (κ1) is 13.4. The fourth-order valence-electron chi connectivity index (χ4n) is 3.02. The molecule has 2 aromatic rings. The van der Waals surface area contributed by atoms with E-state index >= 15 is 0 Å². The van der Waals surface area contributed by atoms with Crippen molar-refractivity contribution in [2.45, 2.75) is 19.1 Å². The van der Waals surface area contributed by atoms with Crippen molar-refractivity contribution < 1.29 is 14.3 Å². The van der Waals surface area contributed by atoms with E-state index < -0.39 is 6.29 Å². The Kier molecular flexibility index (Phi) is 3.17. The smallest absolute Gasteiger partial charge is 0.238 e. The summed E-state index contributed by atoms with van der Waals surface area (Å²) in [6.45, 7) is 3.09. The second-order valence-electron chi connectivity index (χ2n) is 5.50. The van der Waals surface area contributed by atoms with Gasteiger partial charge in [0.1, 0.15) is 0 Å². The summed E-state index contributed by atoms with van der Waals surface area (Å²) in [7, 11) is 0. The molecule has 1 aromatic carbocycles. The van der Waals surface area contributed by atoms with Gasteiger partial charge in [0.25, 0.3) is 0 Å². The lowest BCUT2D eigenvalue weighted by molar-refractivity contribution is -0.118. The van der Waals surface area contributed by atoms with E-state index in [1.165, 1.54) is 0 Å². The van der Waals surface area contributed by atoms with Crippen molar-refractivity contribution in [2.24, 2.45) is 0 Å². The Balaban J connectivity index is 1.76. The van der Waals surface area contributed by atoms with Gasteiger partial charge in [-0.2, -0.15) is 0 Å². The summed E-state index contributed by atoms with van der Waals surface area (Å²) in [6, 6.07) is 9.78. The Morgan fingerprint density at radius 1 is 1.18 bits per heavy atom. The SMILES string of the molecule is CC1C(=O)N(c2cncc(C3OCCO3)c2)c2ccccc21. The summed E-state index contributed by atoms with van der Waals surface area (Å²) in [4.78, 5) is 18.6. The van der Waals surface area contributed by atoms with Crippen LogP contribution in [-0.2, 0) is 14.3 Å². The molecule has 4 rings (SSSR count). The average molecular weight is 296 g/mol. The van der Waals surface area contributed by atoms with Crippen molar-refractivity contribution >= 4 is 17.3 Å². The van der Waals surface area contributed by atoms with Gasteiger partial charge in [-0.25, -0.2) is 0 Å². The van der Waals surface area contributed by atoms with E-state index in [9.17, 15) is 4.79 Å². The zero-order valence-electron chi connectivity index (χ0n) is 12.2. The van der Waals surface area contributed by atoms with E-state index in [0.29, 0.717) is 13.2 Å². The third-order valence-corrected chi connectivity index (χ3v) is 4.13. The first-order valence-corrected chi connectivity index (χ1v) is 7.37. The predicted molar refractivity (Wildman–Crippen MR) is 80.9 cm³/mol. The lowest BCUT2D eigenvalue weighted by atomic mass is 10.0. The highest BCUT2D eigenvalue weighted by atomic mass is 16.7. The van der Waals surface area contributed by atoms with E-state index in [-0.39, 0.29) is 11.8 Å². The van der Waals surface area contributed by atoms with Gasteiger partial charge in [0, 0.05) is 11.8 Å². The molecule has 5 nitrogen and oxygen atoms in total. The molecule has 1 atom stereocenters. The topological polar surface area (TPSA) is 51.7 Å². The first-order valence-electron chi connectivity index (χ1n) is 7.37. The fourth-order valence-corrected chi connectivity index (χ4v) is 3.02. The molecule has 0 bridgehead atoms. The lowest BCUT2D eigenvalue weighted by Crippen LogP contribution is -2.23. The van der Waals surface area contributed by atoms with Gasteiger partial charge in [-0.1, -0.05) is 18.2 Å². The number of anilines is 2. The first-order chi connectivity index (χ1) is 10.8. The molecular formula is C17H16N2O3. The number of hydrogen-bond acceptors (Lipinski definition) is 4. The van der Waals surface area contributed by atoms with Crippen LogP contribution >= 0.6 is 0 Å². The monoisotopic (exact) mass is 296 g/mol. The number of carbonyl (C=O) groups is 1. The third-order valence-electron chi connectivity index (χ3n) is 4.13. The van der Waals surface area contributed by atoms with Gasteiger partial charge >= 0.3 is 0 Å². The Morgan fingerprint density at radius 2 is 1.95 bits per heavy atom. The lowest BCUT2D eigenvalue weighted by Gasteiger charge is -2.19. The van der Waals surface area contributed by atoms with Gasteiger partial charge in [-0.05, 0) is 24.6 Å². The Hall–Kier alpha value is -2.24. The maximum Gasteiger partial charge on any atom is 0.238 e. The van der Waals surface area contributed by atoms with Crippen molar-refractivity contribution in [2.75, 3.05) is 18.1 Å². The number of pyridine rings is 1. The molecule has 1 aromatic heterocycles. The van der Waals surface area contributed by atoms with Crippen LogP contribution in [0.15, 0.2) is 42.7 Å². The molecule has 2 aliphatic heterocycles. The Labute approximate surface area is 128 Å². The van der Waals surface area contributed by atoms with Crippen molar-refractivity contribution in [1.29, 1.82) is 0 Å². The fraction of sp³-hybridized carbons (Fsp3) is 0.294. The van der Waals surface area contributed by atoms with E-state index in [1.807, 2.05) is 37.3 Å². The average Bonchev–Trinajstić information content (AvgIpc) is 3.17. The van der Waals surface area contributed by atoms with Gasteiger partial charge in [0.2, 0.25) is 5.91 Å². The summed E-state index contributed by atoms with van der Waals surface area (Å²) in [5.41, 5.74) is 3.55. The van der Waals surface area contributed by atoms with Crippen molar-refractivity contribution in [3.8, 4) is 0 Å². The quantitative estimate of drug-likeness (QED) is 0.855. The summed E-state index contributed by atoms with van der Waals surface area (Å²) in [5.74, 6) is -0.0766. The Morgan fingerprint density at radius 3 is 2.77 bits per heavy atom. The predicted octanol–water partition coefficient (Wildman–Crippen LogP) is 2.91. The highest BCUT2D eigenvalue weighted by Crippen LogP contribution is 2.41. The number of amides is 1. The standard InChI is InChI=1S/C17H16N2O3/c1-11-14-4-2-3-5-15(14)19(16(11)20)13-8-12(9-18-10-13)17-21-6-7-22-17/h2-5,8-11,17H,6-7H2,1H3. The molecule has 1 saturated heterocycles. The molecule has 1 fully saturated rings. The summed E-state index contributed by atoms with van der Waals surface area (Å²) in [6.07, 6.45) is 3.03. The second-order valence-corrected chi connectivity index (χ2v) is 5.50. The summed E-state index contributed by atoms with van der Waals surface area (Å²) in [5, 5.41) is 0. The molecule has 2 aliphatic rings. The Bertz CT molecular complexity index is 725. The van der Waals surface area contributed by atoms with Crippen LogP contribution in [0.1, 0.15) is 30.3 Å². The molecule has 1 unspecified atom stereocenters. The number of carbonyl (C=O) groups excluding carboxylic acids is 1. The molecule has 5 heteroatoms. The van der Waals surface area contributed by atoms with Gasteiger partial charge in [0.05, 0.1) is 36.7 Å². The highest BCUT2D eigenvalue weighted by molar-refractivity contribution is 6.09. The molecule has 0 saturated carbocycles. The maximum atomic E-state index is 12.6. The zero-order chi connectivity index (χ0) is 15.1. The molecule has 0 spiro atoms. The van der Waals surface area contributed by atoms with E-state index in [4.69, 9.17) is 9.47 Å². The second kappa shape index (κ2) is 5.19. The van der Waals surface area contributed by atoms with Crippen LogP contribution < -0.4 is 4.90 Å². The van der Waals surface area contributed by atoms with Crippen LogP contribution in [0.2, 0.25) is 0 Å². The van der Waals surface area contributed by atoms with Gasteiger partial charge < -0.3 is 9.47 Å². The number of rotatable bonds is 2. The number of nitrogens with zero attached hydrogens (tertiary/aromatic N) is 2. The number of para-hydroxylation sites is 1. The number of fused-ring (bicyclic) bond motifs is 1. The molecule has 3 heterocycles. The zero-order valence-corrected chi connectivity index (χ0v) is 12.2. The van der Waals surface area contributed by atoms with E-state index in [2.05, 4.69) is 4.98 Å². The van der Waals surface area contributed by atoms with E-state index in [1.54, 1.807) is 17.3 Å². The van der Waals surface area contributed by atoms with Gasteiger partial charge in [-0.3, -0.25) is 14.7 Å². The van der Waals surface area contributed by atoms with Crippen LogP contribution in [0.4, 0.5) is 11.4 Å². The van der Waals surface area contributed by atoms with Crippen LogP contribution in [0.5, 0.6) is 0 Å². The van der Waals surface area contributed by atoms with Crippen LogP contribution in [-0.4, -0.2) is 24.1 Å². The molecule has 0 N–H and O–H groups in total. The number of ether oxygens (including phenoxy) is 2. The molecule has 0 radical (unpaired) electrons. The van der Waals surface area contributed by atoms with Crippen LogP contribution in [0.25, 0.3) is 0 Å².